The largest absolute Gasteiger partial charge is 0.491 e. The van der Waals surface area contributed by atoms with Gasteiger partial charge in [0.2, 0.25) is 17.7 Å². The summed E-state index contributed by atoms with van der Waals surface area (Å²) in [5.74, 6) is -0.625. The van der Waals surface area contributed by atoms with Crippen LogP contribution in [0, 0.1) is 11.8 Å². The van der Waals surface area contributed by atoms with Gasteiger partial charge in [-0.1, -0.05) is 46.8 Å². The molecular formula is C29H45N5O5. The van der Waals surface area contributed by atoms with Gasteiger partial charge in [0.05, 0.1) is 11.6 Å². The van der Waals surface area contributed by atoms with Crippen LogP contribution < -0.4 is 20.7 Å². The van der Waals surface area contributed by atoms with Crippen molar-refractivity contribution < 1.29 is 23.9 Å². The number of para-hydroxylation sites is 1. The smallest absolute Gasteiger partial charge is 0.255 e. The Morgan fingerprint density at radius 3 is 2.33 bits per heavy atom. The Bertz CT molecular complexity index is 1010. The van der Waals surface area contributed by atoms with E-state index in [-0.39, 0.29) is 55.0 Å². The van der Waals surface area contributed by atoms with Gasteiger partial charge in [-0.15, -0.1) is 0 Å². The molecule has 2 heterocycles. The van der Waals surface area contributed by atoms with Crippen molar-refractivity contribution in [2.75, 3.05) is 39.3 Å². The number of fused-ring (bicyclic) bond motifs is 1. The lowest BCUT2D eigenvalue weighted by Crippen LogP contribution is -2.55. The molecule has 10 heteroatoms. The van der Waals surface area contributed by atoms with Crippen LogP contribution in [0.5, 0.6) is 5.75 Å². The molecule has 0 aromatic heterocycles. The Hall–Kier alpha value is -3.14. The van der Waals surface area contributed by atoms with Crippen LogP contribution in [-0.4, -0.2) is 90.9 Å². The molecular weight excluding hydrogens is 498 g/mol. The predicted octanol–water partition coefficient (Wildman–Crippen LogP) is 1.79. The van der Waals surface area contributed by atoms with Gasteiger partial charge in [0.1, 0.15) is 24.4 Å². The molecule has 2 aliphatic heterocycles. The lowest BCUT2D eigenvalue weighted by Gasteiger charge is -2.36. The maximum atomic E-state index is 13.6. The highest BCUT2D eigenvalue weighted by atomic mass is 16.5. The quantitative estimate of drug-likeness (QED) is 0.521. The highest BCUT2D eigenvalue weighted by Gasteiger charge is 2.31. The van der Waals surface area contributed by atoms with Crippen LogP contribution in [0.4, 0.5) is 0 Å². The molecule has 1 fully saturated rings. The molecule has 0 aliphatic carbocycles. The minimum atomic E-state index is -0.879. The molecule has 3 N–H and O–H groups in total. The zero-order valence-corrected chi connectivity index (χ0v) is 24.0. The minimum absolute atomic E-state index is 0.000751. The number of piperazine rings is 1. The number of hydrogen-bond acceptors (Lipinski definition) is 6. The van der Waals surface area contributed by atoms with E-state index in [0.717, 1.165) is 19.6 Å². The van der Waals surface area contributed by atoms with Gasteiger partial charge in [-0.25, -0.2) is 0 Å². The highest BCUT2D eigenvalue weighted by molar-refractivity contribution is 6.00. The molecule has 0 unspecified atom stereocenters. The predicted molar refractivity (Wildman–Crippen MR) is 149 cm³/mol. The average molecular weight is 544 g/mol. The summed E-state index contributed by atoms with van der Waals surface area (Å²) < 4.78 is 6.07. The summed E-state index contributed by atoms with van der Waals surface area (Å²) in [5.41, 5.74) is 0.303. The molecule has 0 radical (unpaired) electrons. The number of hydrogen-bond donors (Lipinski definition) is 3. The minimum Gasteiger partial charge on any atom is -0.491 e. The second-order valence-corrected chi connectivity index (χ2v) is 11.2. The Morgan fingerprint density at radius 2 is 1.69 bits per heavy atom. The number of nitrogens with zero attached hydrogens (tertiary/aromatic N) is 2. The van der Waals surface area contributed by atoms with Gasteiger partial charge in [0, 0.05) is 32.6 Å². The molecule has 0 bridgehead atoms. The van der Waals surface area contributed by atoms with Gasteiger partial charge in [-0.2, -0.15) is 0 Å². The van der Waals surface area contributed by atoms with E-state index in [2.05, 4.69) is 27.8 Å². The van der Waals surface area contributed by atoms with Crippen LogP contribution in [0.2, 0.25) is 0 Å². The molecule has 1 aromatic rings. The maximum Gasteiger partial charge on any atom is 0.255 e. The second kappa shape index (κ2) is 14.3. The average Bonchev–Trinajstić information content (AvgIpc) is 2.91. The third-order valence-electron chi connectivity index (χ3n) is 7.44. The summed E-state index contributed by atoms with van der Waals surface area (Å²) >= 11 is 0. The molecule has 0 spiro atoms. The fourth-order valence-electron chi connectivity index (χ4n) is 4.89. The lowest BCUT2D eigenvalue weighted by molar-refractivity contribution is -0.135. The van der Waals surface area contributed by atoms with Crippen molar-refractivity contribution in [1.29, 1.82) is 0 Å². The van der Waals surface area contributed by atoms with E-state index in [1.165, 1.54) is 0 Å². The molecule has 0 saturated carbocycles. The lowest BCUT2D eigenvalue weighted by atomic mass is 10.0. The van der Waals surface area contributed by atoms with E-state index >= 15 is 0 Å². The molecule has 216 valence electrons. The Labute approximate surface area is 232 Å². The van der Waals surface area contributed by atoms with Crippen molar-refractivity contribution in [3.05, 3.63) is 29.8 Å². The van der Waals surface area contributed by atoms with Gasteiger partial charge >= 0.3 is 0 Å². The van der Waals surface area contributed by atoms with E-state index in [9.17, 15) is 19.2 Å². The number of carbonyl (C=O) groups excluding carboxylic acids is 4. The number of amides is 4. The normalized spacial score (nSPS) is 24.1. The number of benzene rings is 1. The zero-order chi connectivity index (χ0) is 28.5. The summed E-state index contributed by atoms with van der Waals surface area (Å²) in [7, 11) is 0. The van der Waals surface area contributed by atoms with Crippen LogP contribution >= 0.6 is 0 Å². The van der Waals surface area contributed by atoms with Crippen molar-refractivity contribution in [3.63, 3.8) is 0 Å². The van der Waals surface area contributed by atoms with Gasteiger partial charge < -0.3 is 30.5 Å². The van der Waals surface area contributed by atoms with Gasteiger partial charge in [-0.05, 0) is 43.4 Å². The number of nitrogens with one attached hydrogen (secondary N) is 3. The first kappa shape index (κ1) is 30.4. The summed E-state index contributed by atoms with van der Waals surface area (Å²) in [6.07, 6.45) is 0.601. The third kappa shape index (κ3) is 8.68. The van der Waals surface area contributed by atoms with Crippen LogP contribution in [0.1, 0.15) is 64.2 Å². The third-order valence-corrected chi connectivity index (χ3v) is 7.44. The molecule has 1 aromatic carbocycles. The maximum absolute atomic E-state index is 13.6. The Morgan fingerprint density at radius 1 is 1.00 bits per heavy atom. The van der Waals surface area contributed by atoms with E-state index < -0.39 is 18.0 Å². The second-order valence-electron chi connectivity index (χ2n) is 11.2. The molecule has 4 amide bonds. The first-order valence-electron chi connectivity index (χ1n) is 14.2. The standard InChI is InChI=1S/C29H45N5O5/c1-6-33-13-15-34(16-14-33)29(38)22-11-12-26(35)30-23(17-19(2)3)28(37)32-24(20(4)5)18-39-25-10-8-7-9-21(25)27(36)31-22/h7-10,19-20,22-24H,6,11-18H2,1-5H3,(H,30,35)(H,31,36)(H,32,37)/t22-,23-,24-/m0/s1. The topological polar surface area (TPSA) is 120 Å². The molecule has 10 nitrogen and oxygen atoms in total. The fraction of sp³-hybridized carbons (Fsp3) is 0.655. The van der Waals surface area contributed by atoms with E-state index in [0.29, 0.717) is 30.8 Å². The van der Waals surface area contributed by atoms with E-state index in [4.69, 9.17) is 4.74 Å². The van der Waals surface area contributed by atoms with Crippen molar-refractivity contribution in [2.24, 2.45) is 11.8 Å². The molecule has 3 atom stereocenters. The zero-order valence-electron chi connectivity index (χ0n) is 24.0. The molecule has 1 saturated heterocycles. The summed E-state index contributed by atoms with van der Waals surface area (Å²) in [6, 6.07) is 4.96. The van der Waals surface area contributed by atoms with E-state index in [1.54, 1.807) is 29.2 Å². The van der Waals surface area contributed by atoms with Crippen LogP contribution in [-0.2, 0) is 14.4 Å². The molecule has 2 aliphatic rings. The van der Waals surface area contributed by atoms with Crippen molar-refractivity contribution in [1.82, 2.24) is 25.8 Å². The van der Waals surface area contributed by atoms with Gasteiger partial charge in [0.15, 0.2) is 0 Å². The van der Waals surface area contributed by atoms with Crippen molar-refractivity contribution in [2.45, 2.75) is 72.0 Å². The number of rotatable bonds is 5. The van der Waals surface area contributed by atoms with Gasteiger partial charge in [0.25, 0.3) is 5.91 Å². The Kier molecular flexibility index (Phi) is 11.2. The van der Waals surface area contributed by atoms with Crippen LogP contribution in [0.25, 0.3) is 0 Å². The summed E-state index contributed by atoms with van der Waals surface area (Å²) in [5, 5.41) is 8.80. The first-order chi connectivity index (χ1) is 18.6. The summed E-state index contributed by atoms with van der Waals surface area (Å²) in [6.45, 7) is 13.8. The number of ether oxygens (including phenoxy) is 1. The summed E-state index contributed by atoms with van der Waals surface area (Å²) in [4.78, 5) is 57.3. The highest BCUT2D eigenvalue weighted by Crippen LogP contribution is 2.20. The van der Waals surface area contributed by atoms with Crippen LogP contribution in [0.15, 0.2) is 24.3 Å². The van der Waals surface area contributed by atoms with Crippen molar-refractivity contribution in [3.8, 4) is 5.75 Å². The number of carbonyl (C=O) groups is 4. The molecule has 39 heavy (non-hydrogen) atoms. The molecule has 3 rings (SSSR count). The van der Waals surface area contributed by atoms with E-state index in [1.807, 2.05) is 27.7 Å². The SMILES string of the molecule is CCN1CCN(C(=O)[C@@H]2CCC(=O)N[C@@H](CC(C)C)C(=O)N[C@H](C(C)C)COc3ccccc3C(=O)N2)CC1. The van der Waals surface area contributed by atoms with Crippen molar-refractivity contribution >= 4 is 23.6 Å². The fourth-order valence-corrected chi connectivity index (χ4v) is 4.89. The number of likely N-dealkylation sites (N-methyl/N-ethyl adjacent to an activating group) is 1. The monoisotopic (exact) mass is 543 g/mol. The first-order valence-corrected chi connectivity index (χ1v) is 14.2. The Balaban J connectivity index is 1.90. The van der Waals surface area contributed by atoms with Crippen LogP contribution in [0.3, 0.4) is 0 Å². The van der Waals surface area contributed by atoms with Gasteiger partial charge in [-0.3, -0.25) is 19.2 Å².